The molecule has 1 amide bonds. The number of para-hydroxylation sites is 1. The third-order valence-electron chi connectivity index (χ3n) is 2.29. The van der Waals surface area contributed by atoms with Crippen molar-refractivity contribution in [2.24, 2.45) is 0 Å². The number of ether oxygens (including phenoxy) is 1. The van der Waals surface area contributed by atoms with E-state index >= 15 is 0 Å². The van der Waals surface area contributed by atoms with Crippen molar-refractivity contribution >= 4 is 11.6 Å². The van der Waals surface area contributed by atoms with Crippen LogP contribution in [0.15, 0.2) is 48.8 Å². The lowest BCUT2D eigenvalue weighted by Gasteiger charge is -2.08. The predicted octanol–water partition coefficient (Wildman–Crippen LogP) is 2.34. The minimum atomic E-state index is -0.200. The molecule has 0 saturated carbocycles. The molecule has 1 aromatic heterocycles. The number of rotatable bonds is 3. The average Bonchev–Trinajstić information content (AvgIpc) is 2.40. The third kappa shape index (κ3) is 2.60. The van der Waals surface area contributed by atoms with Gasteiger partial charge in [0.05, 0.1) is 12.7 Å². The number of methoxy groups -OCH3 is 1. The van der Waals surface area contributed by atoms with Crippen molar-refractivity contribution in [2.75, 3.05) is 12.4 Å². The first-order chi connectivity index (χ1) is 8.31. The summed E-state index contributed by atoms with van der Waals surface area (Å²) in [5.41, 5.74) is 1.21. The van der Waals surface area contributed by atoms with Crippen LogP contribution in [0.2, 0.25) is 0 Å². The van der Waals surface area contributed by atoms with Crippen LogP contribution >= 0.6 is 0 Å². The first-order valence-corrected chi connectivity index (χ1v) is 5.15. The molecule has 0 saturated heterocycles. The highest BCUT2D eigenvalue weighted by Crippen LogP contribution is 2.18. The number of pyridine rings is 1. The van der Waals surface area contributed by atoms with E-state index in [2.05, 4.69) is 10.3 Å². The second-order valence-corrected chi connectivity index (χ2v) is 3.39. The van der Waals surface area contributed by atoms with Crippen LogP contribution in [0.5, 0.6) is 5.75 Å². The van der Waals surface area contributed by atoms with Crippen molar-refractivity contribution in [3.8, 4) is 5.75 Å². The van der Waals surface area contributed by atoms with Gasteiger partial charge in [0, 0.05) is 18.1 Å². The molecule has 2 aromatic rings. The molecule has 4 nitrogen and oxygen atoms in total. The van der Waals surface area contributed by atoms with Gasteiger partial charge in [-0.05, 0) is 24.3 Å². The van der Waals surface area contributed by atoms with Gasteiger partial charge in [0.25, 0.3) is 5.91 Å². The van der Waals surface area contributed by atoms with Gasteiger partial charge in [-0.2, -0.15) is 0 Å². The van der Waals surface area contributed by atoms with Crippen LogP contribution < -0.4 is 10.1 Å². The Morgan fingerprint density at radius 2 is 1.88 bits per heavy atom. The standard InChI is InChI=1S/C13H12N2O2/c1-17-12-5-3-2-4-11(12)13(16)15-10-6-8-14-9-7-10/h2-9H,1H3,(H,14,15,16). The summed E-state index contributed by atoms with van der Waals surface area (Å²) >= 11 is 0. The van der Waals surface area contributed by atoms with Crippen LogP contribution in [0, 0.1) is 0 Å². The zero-order valence-electron chi connectivity index (χ0n) is 9.38. The van der Waals surface area contributed by atoms with E-state index in [0.717, 1.165) is 0 Å². The number of hydrogen-bond acceptors (Lipinski definition) is 3. The van der Waals surface area contributed by atoms with Crippen molar-refractivity contribution in [2.45, 2.75) is 0 Å². The SMILES string of the molecule is COc1ccccc1C(=O)Nc1ccncc1. The summed E-state index contributed by atoms with van der Waals surface area (Å²) in [4.78, 5) is 15.9. The van der Waals surface area contributed by atoms with E-state index in [1.54, 1.807) is 49.8 Å². The number of anilines is 1. The van der Waals surface area contributed by atoms with Crippen molar-refractivity contribution < 1.29 is 9.53 Å². The van der Waals surface area contributed by atoms with Crippen LogP contribution in [0.4, 0.5) is 5.69 Å². The lowest BCUT2D eigenvalue weighted by molar-refractivity contribution is 0.102. The molecule has 0 unspecified atom stereocenters. The van der Waals surface area contributed by atoms with Gasteiger partial charge in [-0.25, -0.2) is 0 Å². The summed E-state index contributed by atoms with van der Waals surface area (Å²) in [6.07, 6.45) is 3.25. The van der Waals surface area contributed by atoms with Gasteiger partial charge in [-0.1, -0.05) is 12.1 Å². The summed E-state index contributed by atoms with van der Waals surface area (Å²) in [7, 11) is 1.54. The van der Waals surface area contributed by atoms with Gasteiger partial charge in [-0.15, -0.1) is 0 Å². The van der Waals surface area contributed by atoms with E-state index < -0.39 is 0 Å². The second-order valence-electron chi connectivity index (χ2n) is 3.39. The normalized spacial score (nSPS) is 9.71. The second kappa shape index (κ2) is 5.12. The molecule has 86 valence electrons. The summed E-state index contributed by atoms with van der Waals surface area (Å²) in [5, 5.41) is 2.77. The fraction of sp³-hybridized carbons (Fsp3) is 0.0769. The number of amides is 1. The minimum absolute atomic E-state index is 0.200. The molecular weight excluding hydrogens is 216 g/mol. The number of nitrogens with zero attached hydrogens (tertiary/aromatic N) is 1. The molecule has 1 aromatic carbocycles. The van der Waals surface area contributed by atoms with Crippen LogP contribution in [-0.2, 0) is 0 Å². The maximum atomic E-state index is 12.0. The molecule has 0 bridgehead atoms. The maximum absolute atomic E-state index is 12.0. The number of carbonyl (C=O) groups excluding carboxylic acids is 1. The Balaban J connectivity index is 2.20. The predicted molar refractivity (Wildman–Crippen MR) is 65.2 cm³/mol. The van der Waals surface area contributed by atoms with Crippen molar-refractivity contribution in [1.82, 2.24) is 4.98 Å². The largest absolute Gasteiger partial charge is 0.496 e. The third-order valence-corrected chi connectivity index (χ3v) is 2.29. The molecule has 2 rings (SSSR count). The fourth-order valence-electron chi connectivity index (χ4n) is 1.47. The summed E-state index contributed by atoms with van der Waals surface area (Å²) < 4.78 is 5.13. The van der Waals surface area contributed by atoms with E-state index in [4.69, 9.17) is 4.74 Å². The lowest BCUT2D eigenvalue weighted by Crippen LogP contribution is -2.12. The molecule has 0 spiro atoms. The molecule has 0 fully saturated rings. The summed E-state index contributed by atoms with van der Waals surface area (Å²) in [6.45, 7) is 0. The zero-order chi connectivity index (χ0) is 12.1. The van der Waals surface area contributed by atoms with Crippen LogP contribution in [0.25, 0.3) is 0 Å². The Labute approximate surface area is 99.3 Å². The maximum Gasteiger partial charge on any atom is 0.259 e. The fourth-order valence-corrected chi connectivity index (χ4v) is 1.47. The molecule has 0 aliphatic carbocycles. The first kappa shape index (κ1) is 11.1. The smallest absolute Gasteiger partial charge is 0.259 e. The Morgan fingerprint density at radius 3 is 2.59 bits per heavy atom. The number of nitrogens with one attached hydrogen (secondary N) is 1. The number of benzene rings is 1. The molecule has 0 atom stereocenters. The van der Waals surface area contributed by atoms with Crippen molar-refractivity contribution in [3.05, 3.63) is 54.4 Å². The van der Waals surface area contributed by atoms with Crippen molar-refractivity contribution in [3.63, 3.8) is 0 Å². The van der Waals surface area contributed by atoms with Crippen LogP contribution in [0.1, 0.15) is 10.4 Å². The first-order valence-electron chi connectivity index (χ1n) is 5.15. The van der Waals surface area contributed by atoms with Crippen LogP contribution in [0.3, 0.4) is 0 Å². The van der Waals surface area contributed by atoms with Gasteiger partial charge in [0.15, 0.2) is 0 Å². The highest BCUT2D eigenvalue weighted by atomic mass is 16.5. The molecule has 1 heterocycles. The zero-order valence-corrected chi connectivity index (χ0v) is 9.38. The summed E-state index contributed by atoms with van der Waals surface area (Å²) in [5.74, 6) is 0.354. The Morgan fingerprint density at radius 1 is 1.18 bits per heavy atom. The molecular formula is C13H12N2O2. The van der Waals surface area contributed by atoms with E-state index in [1.807, 2.05) is 6.07 Å². The van der Waals surface area contributed by atoms with Gasteiger partial charge in [0.2, 0.25) is 0 Å². The van der Waals surface area contributed by atoms with Gasteiger partial charge in [0.1, 0.15) is 5.75 Å². The molecule has 0 radical (unpaired) electrons. The highest BCUT2D eigenvalue weighted by molar-refractivity contribution is 6.06. The highest BCUT2D eigenvalue weighted by Gasteiger charge is 2.10. The number of carbonyl (C=O) groups is 1. The Bertz CT molecular complexity index is 512. The molecule has 4 heteroatoms. The molecule has 1 N–H and O–H groups in total. The summed E-state index contributed by atoms with van der Waals surface area (Å²) in [6, 6.07) is 10.5. The molecule has 17 heavy (non-hydrogen) atoms. The molecule has 0 aliphatic rings. The van der Waals surface area contributed by atoms with E-state index in [-0.39, 0.29) is 5.91 Å². The average molecular weight is 228 g/mol. The Hall–Kier alpha value is -2.36. The Kier molecular flexibility index (Phi) is 3.35. The van der Waals surface area contributed by atoms with Crippen LogP contribution in [-0.4, -0.2) is 18.0 Å². The van der Waals surface area contributed by atoms with E-state index in [1.165, 1.54) is 0 Å². The number of hydrogen-bond donors (Lipinski definition) is 1. The quantitative estimate of drug-likeness (QED) is 0.877. The van der Waals surface area contributed by atoms with Crippen molar-refractivity contribution in [1.29, 1.82) is 0 Å². The topological polar surface area (TPSA) is 51.2 Å². The van der Waals surface area contributed by atoms with E-state index in [0.29, 0.717) is 17.0 Å². The monoisotopic (exact) mass is 228 g/mol. The van der Waals surface area contributed by atoms with Gasteiger partial charge >= 0.3 is 0 Å². The number of aromatic nitrogens is 1. The van der Waals surface area contributed by atoms with Gasteiger partial charge in [-0.3, -0.25) is 9.78 Å². The van der Waals surface area contributed by atoms with E-state index in [9.17, 15) is 4.79 Å². The van der Waals surface area contributed by atoms with Gasteiger partial charge < -0.3 is 10.1 Å². The lowest BCUT2D eigenvalue weighted by atomic mass is 10.2. The molecule has 0 aliphatic heterocycles. The minimum Gasteiger partial charge on any atom is -0.496 e.